The minimum absolute atomic E-state index is 0.00125. The van der Waals surface area contributed by atoms with Crippen LogP contribution in [0.3, 0.4) is 0 Å². The molecule has 1 fully saturated rings. The van der Waals surface area contributed by atoms with Crippen molar-refractivity contribution >= 4 is 81.2 Å². The lowest BCUT2D eigenvalue weighted by Crippen LogP contribution is -2.19. The first kappa shape index (κ1) is 29.6. The van der Waals surface area contributed by atoms with E-state index < -0.39 is 40.8 Å². The predicted molar refractivity (Wildman–Crippen MR) is 148 cm³/mol. The summed E-state index contributed by atoms with van der Waals surface area (Å²) in [5.74, 6) is -2.47. The molecule has 5 nitrogen and oxygen atoms in total. The Bertz CT molecular complexity index is 1430. The molecule has 0 bridgehead atoms. The van der Waals surface area contributed by atoms with Gasteiger partial charge in [-0.3, -0.25) is 9.59 Å². The molecule has 206 valence electrons. The molecule has 0 saturated heterocycles. The number of hydrogen-bond acceptors (Lipinski definition) is 3. The molecule has 0 heterocycles. The largest absolute Gasteiger partial charge is 0.484 e. The summed E-state index contributed by atoms with van der Waals surface area (Å²) in [7, 11) is 0. The van der Waals surface area contributed by atoms with Gasteiger partial charge in [0.05, 0.1) is 16.5 Å². The first-order valence-corrected chi connectivity index (χ1v) is 13.1. The Morgan fingerprint density at radius 3 is 2.23 bits per heavy atom. The van der Waals surface area contributed by atoms with Crippen LogP contribution in [0, 0.1) is 12.8 Å². The lowest BCUT2D eigenvalue weighted by molar-refractivity contribution is -0.153. The van der Waals surface area contributed by atoms with Crippen LogP contribution >= 0.6 is 58.0 Å². The Hall–Kier alpha value is -2.36. The first-order valence-electron chi connectivity index (χ1n) is 11.2. The Kier molecular flexibility index (Phi) is 8.55. The lowest BCUT2D eigenvalue weighted by atomic mass is 10.1. The summed E-state index contributed by atoms with van der Waals surface area (Å²) >= 11 is 31.2. The van der Waals surface area contributed by atoms with E-state index in [0.29, 0.717) is 26.9 Å². The maximum Gasteiger partial charge on any atom is 0.422 e. The summed E-state index contributed by atoms with van der Waals surface area (Å²) in [6.07, 6.45) is -4.48. The van der Waals surface area contributed by atoms with E-state index in [1.807, 2.05) is 0 Å². The molecule has 2 amide bonds. The molecule has 3 aromatic carbocycles. The quantitative estimate of drug-likeness (QED) is 0.254. The number of hydrogen-bond donors (Lipinski definition) is 2. The van der Waals surface area contributed by atoms with E-state index in [2.05, 4.69) is 10.6 Å². The van der Waals surface area contributed by atoms with E-state index in [1.165, 1.54) is 36.4 Å². The van der Waals surface area contributed by atoms with Crippen LogP contribution in [0.1, 0.15) is 27.4 Å². The fourth-order valence-electron chi connectivity index (χ4n) is 4.04. The third-order valence-electron chi connectivity index (χ3n) is 5.91. The summed E-state index contributed by atoms with van der Waals surface area (Å²) in [5.41, 5.74) is 1.72. The second-order valence-electron chi connectivity index (χ2n) is 8.85. The van der Waals surface area contributed by atoms with Crippen LogP contribution < -0.4 is 15.4 Å². The van der Waals surface area contributed by atoms with Crippen molar-refractivity contribution in [1.29, 1.82) is 0 Å². The number of aryl methyl sites for hydroxylation is 1. The maximum absolute atomic E-state index is 13.0. The van der Waals surface area contributed by atoms with E-state index >= 15 is 0 Å². The SMILES string of the molecule is Cc1cc(OCC(F)(F)F)ccc1NC(=O)c1cc(NC(=O)C2C(c3cc(Cl)cc(Cl)c3)C2(Cl)Cl)ccc1Cl. The fraction of sp³-hybridized carbons (Fsp3) is 0.231. The van der Waals surface area contributed by atoms with Gasteiger partial charge < -0.3 is 15.4 Å². The van der Waals surface area contributed by atoms with Crippen molar-refractivity contribution in [1.82, 2.24) is 0 Å². The topological polar surface area (TPSA) is 67.4 Å². The third kappa shape index (κ3) is 7.05. The zero-order valence-electron chi connectivity index (χ0n) is 19.8. The molecule has 0 spiro atoms. The monoisotopic (exact) mass is 638 g/mol. The number of alkyl halides is 5. The molecule has 0 radical (unpaired) electrons. The Morgan fingerprint density at radius 2 is 1.62 bits per heavy atom. The summed E-state index contributed by atoms with van der Waals surface area (Å²) in [5, 5.41) is 6.21. The van der Waals surface area contributed by atoms with Crippen LogP contribution in [0.2, 0.25) is 15.1 Å². The van der Waals surface area contributed by atoms with Crippen molar-refractivity contribution in [2.24, 2.45) is 5.92 Å². The molecule has 3 aromatic rings. The highest BCUT2D eigenvalue weighted by molar-refractivity contribution is 6.53. The number of anilines is 2. The van der Waals surface area contributed by atoms with Gasteiger partial charge in [0.2, 0.25) is 5.91 Å². The average Bonchev–Trinajstić information content (AvgIpc) is 3.41. The normalized spacial score (nSPS) is 17.9. The summed E-state index contributed by atoms with van der Waals surface area (Å²) < 4.78 is 40.5. The van der Waals surface area contributed by atoms with Gasteiger partial charge in [0, 0.05) is 27.3 Å². The zero-order valence-corrected chi connectivity index (χ0v) is 23.6. The second-order valence-corrected chi connectivity index (χ2v) is 11.6. The van der Waals surface area contributed by atoms with Gasteiger partial charge in [-0.05, 0) is 72.6 Å². The summed E-state index contributed by atoms with van der Waals surface area (Å²) in [4.78, 5) is 26.0. The maximum atomic E-state index is 13.0. The van der Waals surface area contributed by atoms with Crippen molar-refractivity contribution in [3.05, 3.63) is 86.4 Å². The minimum atomic E-state index is -4.48. The van der Waals surface area contributed by atoms with Crippen LogP contribution in [-0.4, -0.2) is 28.9 Å². The molecule has 39 heavy (non-hydrogen) atoms. The van der Waals surface area contributed by atoms with E-state index in [0.717, 1.165) is 0 Å². The number of halogens is 8. The fourth-order valence-corrected chi connectivity index (χ4v) is 5.61. The van der Waals surface area contributed by atoms with Gasteiger partial charge in [-0.1, -0.05) is 34.8 Å². The number of rotatable bonds is 7. The van der Waals surface area contributed by atoms with Gasteiger partial charge in [-0.25, -0.2) is 0 Å². The molecule has 2 unspecified atom stereocenters. The highest BCUT2D eigenvalue weighted by Gasteiger charge is 2.67. The molecule has 0 aromatic heterocycles. The Balaban J connectivity index is 1.46. The molecule has 2 atom stereocenters. The number of carbonyl (C=O) groups is 2. The van der Waals surface area contributed by atoms with E-state index in [4.69, 9.17) is 62.7 Å². The predicted octanol–water partition coefficient (Wildman–Crippen LogP) is 8.67. The zero-order chi connectivity index (χ0) is 28.7. The first-order chi connectivity index (χ1) is 18.2. The minimum Gasteiger partial charge on any atom is -0.484 e. The van der Waals surface area contributed by atoms with Gasteiger partial charge in [0.15, 0.2) is 6.61 Å². The number of ether oxygens (including phenoxy) is 1. The van der Waals surface area contributed by atoms with Crippen LogP contribution in [0.4, 0.5) is 24.5 Å². The summed E-state index contributed by atoms with van der Waals surface area (Å²) in [6, 6.07) is 13.2. The highest BCUT2D eigenvalue weighted by Crippen LogP contribution is 2.65. The van der Waals surface area contributed by atoms with E-state index in [-0.39, 0.29) is 22.0 Å². The van der Waals surface area contributed by atoms with Gasteiger partial charge >= 0.3 is 6.18 Å². The Morgan fingerprint density at radius 1 is 0.949 bits per heavy atom. The number of benzene rings is 3. The molecule has 1 aliphatic carbocycles. The third-order valence-corrected chi connectivity index (χ3v) is 7.61. The number of amides is 2. The Labute approximate surface area is 246 Å². The molecule has 0 aliphatic heterocycles. The smallest absolute Gasteiger partial charge is 0.422 e. The lowest BCUT2D eigenvalue weighted by Gasteiger charge is -2.14. The van der Waals surface area contributed by atoms with Crippen LogP contribution in [-0.2, 0) is 4.79 Å². The van der Waals surface area contributed by atoms with Crippen LogP contribution in [0.5, 0.6) is 5.75 Å². The van der Waals surface area contributed by atoms with Crippen molar-refractivity contribution in [3.8, 4) is 5.75 Å². The number of carbonyl (C=O) groups excluding carboxylic acids is 2. The van der Waals surface area contributed by atoms with Crippen molar-refractivity contribution in [2.75, 3.05) is 17.2 Å². The highest BCUT2D eigenvalue weighted by atomic mass is 35.5. The molecule has 2 N–H and O–H groups in total. The summed E-state index contributed by atoms with van der Waals surface area (Å²) in [6.45, 7) is 0.160. The molecular weight excluding hydrogens is 623 g/mol. The van der Waals surface area contributed by atoms with Gasteiger partial charge in [0.1, 0.15) is 10.1 Å². The number of nitrogens with one attached hydrogen (secondary N) is 2. The molecular formula is C26H18Cl5F3N2O3. The van der Waals surface area contributed by atoms with Crippen LogP contribution in [0.15, 0.2) is 54.6 Å². The standard InChI is InChI=1S/C26H18Cl5F3N2O3/c1-12-6-17(39-11-25(32,33)34)3-5-20(12)36-23(37)18-10-16(2-4-19(18)29)35-24(38)22-21(26(22,30)31)13-7-14(27)9-15(28)8-13/h2-10,21-22H,11H2,1H3,(H,35,38)(H,36,37). The van der Waals surface area contributed by atoms with Crippen LogP contribution in [0.25, 0.3) is 0 Å². The molecule has 1 aliphatic rings. The van der Waals surface area contributed by atoms with Gasteiger partial charge in [-0.2, -0.15) is 13.2 Å². The second kappa shape index (κ2) is 11.3. The van der Waals surface area contributed by atoms with Crippen molar-refractivity contribution in [3.63, 3.8) is 0 Å². The van der Waals surface area contributed by atoms with Crippen molar-refractivity contribution in [2.45, 2.75) is 23.4 Å². The molecule has 4 rings (SSSR count). The molecule has 1 saturated carbocycles. The van der Waals surface area contributed by atoms with Gasteiger partial charge in [-0.15, -0.1) is 23.2 Å². The molecule has 13 heteroatoms. The van der Waals surface area contributed by atoms with Crippen molar-refractivity contribution < 1.29 is 27.5 Å². The van der Waals surface area contributed by atoms with E-state index in [1.54, 1.807) is 25.1 Å². The average molecular weight is 641 g/mol. The van der Waals surface area contributed by atoms with E-state index in [9.17, 15) is 22.8 Å². The van der Waals surface area contributed by atoms with Gasteiger partial charge in [0.25, 0.3) is 5.91 Å².